The molecule has 1 aliphatic carbocycles. The standard InChI is InChI=1S/C16H21N3O2S/c17-11-13-1-3-14(4-2-13)12-19-9-7-15(8-10-19)18-22(20,21)16-5-6-16/h1-4,15-16,18H,5-10,12H2. The van der Waals surface area contributed by atoms with Crippen molar-refractivity contribution in [3.8, 4) is 6.07 Å². The molecular weight excluding hydrogens is 298 g/mol. The average Bonchev–Trinajstić information content (AvgIpc) is 3.35. The minimum Gasteiger partial charge on any atom is -0.299 e. The van der Waals surface area contributed by atoms with E-state index in [0.717, 1.165) is 45.3 Å². The maximum absolute atomic E-state index is 11.9. The van der Waals surface area contributed by atoms with Crippen LogP contribution in [0.25, 0.3) is 0 Å². The van der Waals surface area contributed by atoms with Gasteiger partial charge in [0.05, 0.1) is 16.9 Å². The van der Waals surface area contributed by atoms with Crippen molar-refractivity contribution in [1.82, 2.24) is 9.62 Å². The van der Waals surface area contributed by atoms with Gasteiger partial charge in [0.15, 0.2) is 0 Å². The van der Waals surface area contributed by atoms with Crippen LogP contribution < -0.4 is 4.72 Å². The summed E-state index contributed by atoms with van der Waals surface area (Å²) in [6, 6.07) is 9.86. The van der Waals surface area contributed by atoms with E-state index in [1.807, 2.05) is 24.3 Å². The molecule has 0 amide bonds. The predicted octanol–water partition coefficient (Wildman–Crippen LogP) is 1.60. The first-order chi connectivity index (χ1) is 10.6. The van der Waals surface area contributed by atoms with Crippen LogP contribution in [0.5, 0.6) is 0 Å². The zero-order chi connectivity index (χ0) is 15.6. The molecule has 3 rings (SSSR count). The third-order valence-electron chi connectivity index (χ3n) is 4.37. The van der Waals surface area contributed by atoms with Crippen LogP contribution in [0, 0.1) is 11.3 Å². The molecule has 1 aliphatic heterocycles. The second-order valence-electron chi connectivity index (χ2n) is 6.22. The Kier molecular flexibility index (Phi) is 4.48. The number of benzene rings is 1. The molecule has 118 valence electrons. The van der Waals surface area contributed by atoms with Crippen molar-refractivity contribution in [2.24, 2.45) is 0 Å². The molecule has 1 N–H and O–H groups in total. The molecule has 0 spiro atoms. The third kappa shape index (κ3) is 3.86. The van der Waals surface area contributed by atoms with Gasteiger partial charge >= 0.3 is 0 Å². The first-order valence-electron chi connectivity index (χ1n) is 7.79. The molecule has 1 heterocycles. The number of sulfonamides is 1. The van der Waals surface area contributed by atoms with Gasteiger partial charge in [-0.15, -0.1) is 0 Å². The van der Waals surface area contributed by atoms with Gasteiger partial charge in [0.25, 0.3) is 0 Å². The van der Waals surface area contributed by atoms with Crippen LogP contribution in [0.2, 0.25) is 0 Å². The molecule has 5 nitrogen and oxygen atoms in total. The number of nitriles is 1. The summed E-state index contributed by atoms with van der Waals surface area (Å²) < 4.78 is 26.8. The molecule has 2 aliphatic rings. The number of piperidine rings is 1. The lowest BCUT2D eigenvalue weighted by atomic mass is 10.0. The lowest BCUT2D eigenvalue weighted by Crippen LogP contribution is -2.45. The molecule has 22 heavy (non-hydrogen) atoms. The minimum atomic E-state index is -3.07. The van der Waals surface area contributed by atoms with Crippen molar-refractivity contribution in [2.45, 2.75) is 43.5 Å². The summed E-state index contributed by atoms with van der Waals surface area (Å²) in [7, 11) is -3.07. The summed E-state index contributed by atoms with van der Waals surface area (Å²) in [5, 5.41) is 8.66. The molecule has 0 radical (unpaired) electrons. The van der Waals surface area contributed by atoms with Gasteiger partial charge in [0.1, 0.15) is 0 Å². The van der Waals surface area contributed by atoms with Gasteiger partial charge in [-0.1, -0.05) is 12.1 Å². The Balaban J connectivity index is 1.48. The quantitative estimate of drug-likeness (QED) is 0.895. The molecule has 6 heteroatoms. The van der Waals surface area contributed by atoms with E-state index in [1.165, 1.54) is 5.56 Å². The van der Waals surface area contributed by atoms with Gasteiger partial charge in [0.2, 0.25) is 10.0 Å². The summed E-state index contributed by atoms with van der Waals surface area (Å²) in [6.45, 7) is 2.66. The fraction of sp³-hybridized carbons (Fsp3) is 0.562. The SMILES string of the molecule is N#Cc1ccc(CN2CCC(NS(=O)(=O)C3CC3)CC2)cc1. The Labute approximate surface area is 132 Å². The van der Waals surface area contributed by atoms with Crippen LogP contribution in [0.15, 0.2) is 24.3 Å². The highest BCUT2D eigenvalue weighted by molar-refractivity contribution is 7.90. The molecular formula is C16H21N3O2S. The summed E-state index contributed by atoms with van der Waals surface area (Å²) in [4.78, 5) is 2.34. The van der Waals surface area contributed by atoms with Crippen molar-refractivity contribution >= 4 is 10.0 Å². The summed E-state index contributed by atoms with van der Waals surface area (Å²) in [5.74, 6) is 0. The Morgan fingerprint density at radius 3 is 2.32 bits per heavy atom. The van der Waals surface area contributed by atoms with Crippen LogP contribution >= 0.6 is 0 Å². The molecule has 0 bridgehead atoms. The van der Waals surface area contributed by atoms with E-state index in [2.05, 4.69) is 15.7 Å². The van der Waals surface area contributed by atoms with E-state index in [-0.39, 0.29) is 11.3 Å². The number of nitrogens with one attached hydrogen (secondary N) is 1. The highest BCUT2D eigenvalue weighted by atomic mass is 32.2. The lowest BCUT2D eigenvalue weighted by Gasteiger charge is -2.32. The minimum absolute atomic E-state index is 0.0859. The van der Waals surface area contributed by atoms with Gasteiger partial charge in [-0.25, -0.2) is 13.1 Å². The molecule has 0 atom stereocenters. The first kappa shape index (κ1) is 15.5. The number of hydrogen-bond acceptors (Lipinski definition) is 4. The van der Waals surface area contributed by atoms with Crippen LogP contribution in [0.1, 0.15) is 36.8 Å². The van der Waals surface area contributed by atoms with Crippen molar-refractivity contribution in [3.05, 3.63) is 35.4 Å². The van der Waals surface area contributed by atoms with E-state index in [0.29, 0.717) is 5.56 Å². The van der Waals surface area contributed by atoms with E-state index in [9.17, 15) is 8.42 Å². The highest BCUT2D eigenvalue weighted by Gasteiger charge is 2.37. The molecule has 2 fully saturated rings. The fourth-order valence-electron chi connectivity index (χ4n) is 2.86. The van der Waals surface area contributed by atoms with Crippen LogP contribution in [0.4, 0.5) is 0 Å². The first-order valence-corrected chi connectivity index (χ1v) is 9.34. The van der Waals surface area contributed by atoms with Crippen molar-refractivity contribution in [3.63, 3.8) is 0 Å². The Morgan fingerprint density at radius 2 is 1.77 bits per heavy atom. The van der Waals surface area contributed by atoms with E-state index in [1.54, 1.807) is 0 Å². The molecule has 1 aromatic rings. The highest BCUT2D eigenvalue weighted by Crippen LogP contribution is 2.28. The maximum Gasteiger partial charge on any atom is 0.214 e. The lowest BCUT2D eigenvalue weighted by molar-refractivity contribution is 0.200. The monoisotopic (exact) mass is 319 g/mol. The number of hydrogen-bond donors (Lipinski definition) is 1. The number of nitrogens with zero attached hydrogens (tertiary/aromatic N) is 2. The smallest absolute Gasteiger partial charge is 0.214 e. The van der Waals surface area contributed by atoms with Crippen LogP contribution in [-0.4, -0.2) is 37.7 Å². The fourth-order valence-corrected chi connectivity index (χ4v) is 4.51. The normalized spacial score (nSPS) is 20.7. The average molecular weight is 319 g/mol. The topological polar surface area (TPSA) is 73.2 Å². The van der Waals surface area contributed by atoms with Crippen LogP contribution in [-0.2, 0) is 16.6 Å². The van der Waals surface area contributed by atoms with Crippen LogP contribution in [0.3, 0.4) is 0 Å². The van der Waals surface area contributed by atoms with Crippen molar-refractivity contribution in [2.75, 3.05) is 13.1 Å². The van der Waals surface area contributed by atoms with E-state index < -0.39 is 10.0 Å². The summed E-state index contributed by atoms with van der Waals surface area (Å²) >= 11 is 0. The second-order valence-corrected chi connectivity index (χ2v) is 8.21. The zero-order valence-electron chi connectivity index (χ0n) is 12.5. The largest absolute Gasteiger partial charge is 0.299 e. The third-order valence-corrected chi connectivity index (χ3v) is 6.38. The Bertz CT molecular complexity index is 652. The maximum atomic E-state index is 11.9. The number of likely N-dealkylation sites (tertiary alicyclic amines) is 1. The second kappa shape index (κ2) is 6.37. The van der Waals surface area contributed by atoms with Gasteiger partial charge in [-0.3, -0.25) is 4.90 Å². The Morgan fingerprint density at radius 1 is 1.14 bits per heavy atom. The van der Waals surface area contributed by atoms with Gasteiger partial charge in [-0.2, -0.15) is 5.26 Å². The molecule has 0 unspecified atom stereocenters. The molecule has 1 aromatic carbocycles. The van der Waals surface area contributed by atoms with E-state index in [4.69, 9.17) is 5.26 Å². The van der Waals surface area contributed by atoms with Gasteiger partial charge in [0, 0.05) is 25.7 Å². The summed E-state index contributed by atoms with van der Waals surface area (Å²) in [6.07, 6.45) is 3.35. The number of rotatable bonds is 5. The van der Waals surface area contributed by atoms with Crippen molar-refractivity contribution < 1.29 is 8.42 Å². The van der Waals surface area contributed by atoms with E-state index >= 15 is 0 Å². The molecule has 1 saturated heterocycles. The zero-order valence-corrected chi connectivity index (χ0v) is 13.3. The molecule has 0 aromatic heterocycles. The Hall–Kier alpha value is -1.42. The van der Waals surface area contributed by atoms with Gasteiger partial charge < -0.3 is 0 Å². The summed E-state index contributed by atoms with van der Waals surface area (Å²) in [5.41, 5.74) is 1.87. The predicted molar refractivity (Wildman–Crippen MR) is 84.5 cm³/mol. The van der Waals surface area contributed by atoms with Crippen molar-refractivity contribution in [1.29, 1.82) is 5.26 Å². The van der Waals surface area contributed by atoms with Gasteiger partial charge in [-0.05, 0) is 43.4 Å². The molecule has 1 saturated carbocycles.